The Morgan fingerprint density at radius 3 is 3.00 bits per heavy atom. The molecule has 1 aromatic rings. The quantitative estimate of drug-likeness (QED) is 0.876. The summed E-state index contributed by atoms with van der Waals surface area (Å²) >= 11 is 0. The van der Waals surface area contributed by atoms with Gasteiger partial charge in [-0.2, -0.15) is 5.10 Å². The first-order chi connectivity index (χ1) is 8.00. The summed E-state index contributed by atoms with van der Waals surface area (Å²) < 4.78 is 1.99. The molecule has 1 fully saturated rings. The van der Waals surface area contributed by atoms with Crippen molar-refractivity contribution >= 4 is 0 Å². The van der Waals surface area contributed by atoms with Crippen molar-refractivity contribution in [2.75, 3.05) is 0 Å². The molecule has 17 heavy (non-hydrogen) atoms. The van der Waals surface area contributed by atoms with E-state index in [0.29, 0.717) is 6.04 Å². The van der Waals surface area contributed by atoms with Gasteiger partial charge in [0.05, 0.1) is 0 Å². The summed E-state index contributed by atoms with van der Waals surface area (Å²) in [6, 6.07) is 0.358. The van der Waals surface area contributed by atoms with E-state index in [4.69, 9.17) is 5.73 Å². The second kappa shape index (κ2) is 4.77. The van der Waals surface area contributed by atoms with Crippen LogP contribution in [-0.2, 0) is 6.42 Å². The number of rotatable bonds is 3. The lowest BCUT2D eigenvalue weighted by atomic mass is 9.75. The third-order valence-corrected chi connectivity index (χ3v) is 3.77. The van der Waals surface area contributed by atoms with E-state index in [1.807, 2.05) is 4.68 Å². The number of hydrogen-bond acceptors (Lipinski definition) is 3. The van der Waals surface area contributed by atoms with E-state index in [0.717, 1.165) is 31.0 Å². The molecule has 4 heteroatoms. The van der Waals surface area contributed by atoms with E-state index in [2.05, 4.69) is 30.9 Å². The Morgan fingerprint density at radius 2 is 2.35 bits per heavy atom. The first-order valence-corrected chi connectivity index (χ1v) is 6.67. The third kappa shape index (κ3) is 2.86. The Bertz CT molecular complexity index is 371. The highest BCUT2D eigenvalue weighted by Gasteiger charge is 2.32. The van der Waals surface area contributed by atoms with Crippen LogP contribution in [0.25, 0.3) is 0 Å². The van der Waals surface area contributed by atoms with Crippen LogP contribution < -0.4 is 5.73 Å². The zero-order valence-corrected chi connectivity index (χ0v) is 11.2. The van der Waals surface area contributed by atoms with Gasteiger partial charge in [0.15, 0.2) is 0 Å². The number of nitrogens with zero attached hydrogens (tertiary/aromatic N) is 3. The summed E-state index contributed by atoms with van der Waals surface area (Å²) in [7, 11) is 0. The van der Waals surface area contributed by atoms with Gasteiger partial charge in [0, 0.05) is 18.0 Å². The molecule has 1 aliphatic carbocycles. The van der Waals surface area contributed by atoms with Crippen LogP contribution in [0.5, 0.6) is 0 Å². The van der Waals surface area contributed by atoms with Crippen LogP contribution in [0.4, 0.5) is 0 Å². The first-order valence-electron chi connectivity index (χ1n) is 6.67. The maximum atomic E-state index is 6.53. The standard InChI is InChI=1S/C13H24N4/c1-10(2)17-12(15-9-16-17)8-13(14)6-4-5-11(3)7-13/h9-11H,4-8,14H2,1-3H3. The fraction of sp³-hybridized carbons (Fsp3) is 0.846. The van der Waals surface area contributed by atoms with Gasteiger partial charge in [0.2, 0.25) is 0 Å². The maximum absolute atomic E-state index is 6.53. The molecule has 0 aromatic carbocycles. The average molecular weight is 236 g/mol. The molecule has 1 saturated carbocycles. The van der Waals surface area contributed by atoms with Crippen molar-refractivity contribution in [2.24, 2.45) is 11.7 Å². The number of nitrogens with two attached hydrogens (primary N) is 1. The van der Waals surface area contributed by atoms with E-state index < -0.39 is 0 Å². The van der Waals surface area contributed by atoms with Gasteiger partial charge in [-0.15, -0.1) is 0 Å². The molecule has 0 spiro atoms. The summed E-state index contributed by atoms with van der Waals surface area (Å²) in [5.74, 6) is 1.78. The molecule has 2 unspecified atom stereocenters. The van der Waals surface area contributed by atoms with Gasteiger partial charge in [-0.1, -0.05) is 19.8 Å². The molecule has 0 amide bonds. The molecule has 1 aromatic heterocycles. The molecule has 0 aliphatic heterocycles. The van der Waals surface area contributed by atoms with Crippen molar-refractivity contribution in [3.05, 3.63) is 12.2 Å². The second-order valence-electron chi connectivity index (χ2n) is 5.96. The lowest BCUT2D eigenvalue weighted by molar-refractivity contribution is 0.229. The van der Waals surface area contributed by atoms with Gasteiger partial charge >= 0.3 is 0 Å². The minimum Gasteiger partial charge on any atom is -0.325 e. The molecular formula is C13H24N4. The monoisotopic (exact) mass is 236 g/mol. The van der Waals surface area contributed by atoms with Crippen molar-refractivity contribution in [1.29, 1.82) is 0 Å². The molecule has 0 bridgehead atoms. The highest BCUT2D eigenvalue weighted by molar-refractivity contribution is 5.00. The van der Waals surface area contributed by atoms with Crippen LogP contribution in [0.3, 0.4) is 0 Å². The normalized spacial score (nSPS) is 29.8. The Hall–Kier alpha value is -0.900. The lowest BCUT2D eigenvalue weighted by Crippen LogP contribution is -2.46. The van der Waals surface area contributed by atoms with Gasteiger partial charge in [-0.3, -0.25) is 0 Å². The zero-order valence-electron chi connectivity index (χ0n) is 11.2. The molecule has 2 N–H and O–H groups in total. The van der Waals surface area contributed by atoms with Crippen molar-refractivity contribution in [3.8, 4) is 0 Å². The molecule has 96 valence electrons. The van der Waals surface area contributed by atoms with E-state index in [9.17, 15) is 0 Å². The van der Waals surface area contributed by atoms with Crippen molar-refractivity contribution < 1.29 is 0 Å². The minimum atomic E-state index is -0.0721. The summed E-state index contributed by atoms with van der Waals surface area (Å²) in [6.07, 6.45) is 7.28. The Balaban J connectivity index is 2.11. The van der Waals surface area contributed by atoms with Crippen LogP contribution in [0.1, 0.15) is 58.3 Å². The topological polar surface area (TPSA) is 56.7 Å². The van der Waals surface area contributed by atoms with Gasteiger partial charge in [0.1, 0.15) is 12.2 Å². The smallest absolute Gasteiger partial charge is 0.138 e. The third-order valence-electron chi connectivity index (χ3n) is 3.77. The molecule has 1 aliphatic rings. The molecule has 2 rings (SSSR count). The van der Waals surface area contributed by atoms with E-state index >= 15 is 0 Å². The fourth-order valence-electron chi connectivity index (χ4n) is 3.01. The molecule has 1 heterocycles. The van der Waals surface area contributed by atoms with Crippen molar-refractivity contribution in [2.45, 2.75) is 64.5 Å². The van der Waals surface area contributed by atoms with E-state index in [1.165, 1.54) is 12.8 Å². The molecular weight excluding hydrogens is 212 g/mol. The second-order valence-corrected chi connectivity index (χ2v) is 5.96. The average Bonchev–Trinajstić information content (AvgIpc) is 2.64. The highest BCUT2D eigenvalue weighted by atomic mass is 15.3. The molecule has 4 nitrogen and oxygen atoms in total. The zero-order chi connectivity index (χ0) is 12.5. The summed E-state index contributed by atoms with van der Waals surface area (Å²) in [4.78, 5) is 4.37. The fourth-order valence-corrected chi connectivity index (χ4v) is 3.01. The Labute approximate surface area is 104 Å². The van der Waals surface area contributed by atoms with Gasteiger partial charge in [0.25, 0.3) is 0 Å². The lowest BCUT2D eigenvalue weighted by Gasteiger charge is -2.36. The Morgan fingerprint density at radius 1 is 1.59 bits per heavy atom. The minimum absolute atomic E-state index is 0.0721. The van der Waals surface area contributed by atoms with Gasteiger partial charge < -0.3 is 5.73 Å². The van der Waals surface area contributed by atoms with E-state index in [1.54, 1.807) is 6.33 Å². The van der Waals surface area contributed by atoms with Crippen LogP contribution in [0.15, 0.2) is 6.33 Å². The molecule has 0 saturated heterocycles. The van der Waals surface area contributed by atoms with Crippen molar-refractivity contribution in [3.63, 3.8) is 0 Å². The van der Waals surface area contributed by atoms with Crippen LogP contribution in [0.2, 0.25) is 0 Å². The highest BCUT2D eigenvalue weighted by Crippen LogP contribution is 2.32. The van der Waals surface area contributed by atoms with Gasteiger partial charge in [-0.05, 0) is 32.6 Å². The number of hydrogen-bond donors (Lipinski definition) is 1. The SMILES string of the molecule is CC1CCCC(N)(Cc2ncnn2C(C)C)C1. The predicted octanol–water partition coefficient (Wildman–Crippen LogP) is 2.31. The van der Waals surface area contributed by atoms with Crippen LogP contribution >= 0.6 is 0 Å². The largest absolute Gasteiger partial charge is 0.325 e. The summed E-state index contributed by atoms with van der Waals surface area (Å²) in [5.41, 5.74) is 6.46. The number of aromatic nitrogens is 3. The van der Waals surface area contributed by atoms with Crippen molar-refractivity contribution in [1.82, 2.24) is 14.8 Å². The Kier molecular flexibility index (Phi) is 3.52. The predicted molar refractivity (Wildman–Crippen MR) is 68.7 cm³/mol. The van der Waals surface area contributed by atoms with Gasteiger partial charge in [-0.25, -0.2) is 9.67 Å². The summed E-state index contributed by atoms with van der Waals surface area (Å²) in [6.45, 7) is 6.56. The van der Waals surface area contributed by atoms with E-state index in [-0.39, 0.29) is 5.54 Å². The van der Waals surface area contributed by atoms with Crippen LogP contribution in [-0.4, -0.2) is 20.3 Å². The van der Waals surface area contributed by atoms with Crippen LogP contribution in [0, 0.1) is 5.92 Å². The summed E-state index contributed by atoms with van der Waals surface area (Å²) in [5, 5.41) is 4.28. The molecule has 2 atom stereocenters. The molecule has 0 radical (unpaired) electrons. The first kappa shape index (κ1) is 12.6. The maximum Gasteiger partial charge on any atom is 0.138 e.